The Hall–Kier alpha value is -3.73. The second kappa shape index (κ2) is 8.74. The van der Waals surface area contributed by atoms with Gasteiger partial charge in [0, 0.05) is 29.9 Å². The van der Waals surface area contributed by atoms with Crippen molar-refractivity contribution in [3.63, 3.8) is 0 Å². The molecule has 0 bridgehead atoms. The SMILES string of the molecule is C=CC(C)CNc1nc(-c2cccnc2)nc2ccc(-c3cccc(OC)c3)cc12. The molecular formula is C25H24N4O. The van der Waals surface area contributed by atoms with E-state index in [1.807, 2.05) is 42.5 Å². The van der Waals surface area contributed by atoms with E-state index >= 15 is 0 Å². The van der Waals surface area contributed by atoms with Crippen LogP contribution in [0.4, 0.5) is 5.82 Å². The molecule has 0 saturated carbocycles. The highest BCUT2D eigenvalue weighted by Gasteiger charge is 2.12. The average Bonchev–Trinajstić information content (AvgIpc) is 2.82. The van der Waals surface area contributed by atoms with Crippen molar-refractivity contribution < 1.29 is 4.74 Å². The van der Waals surface area contributed by atoms with Crippen LogP contribution in [0.5, 0.6) is 5.75 Å². The third-order valence-corrected chi connectivity index (χ3v) is 5.01. The summed E-state index contributed by atoms with van der Waals surface area (Å²) in [7, 11) is 1.68. The Labute approximate surface area is 176 Å². The predicted molar refractivity (Wildman–Crippen MR) is 123 cm³/mol. The van der Waals surface area contributed by atoms with E-state index < -0.39 is 0 Å². The molecule has 0 aliphatic carbocycles. The highest BCUT2D eigenvalue weighted by atomic mass is 16.5. The van der Waals surface area contributed by atoms with Gasteiger partial charge < -0.3 is 10.1 Å². The lowest BCUT2D eigenvalue weighted by molar-refractivity contribution is 0.415. The van der Waals surface area contributed by atoms with Crippen LogP contribution in [0.25, 0.3) is 33.4 Å². The fourth-order valence-corrected chi connectivity index (χ4v) is 3.21. The topological polar surface area (TPSA) is 59.9 Å². The lowest BCUT2D eigenvalue weighted by Crippen LogP contribution is -2.11. The van der Waals surface area contributed by atoms with Gasteiger partial charge in [0.2, 0.25) is 0 Å². The van der Waals surface area contributed by atoms with Gasteiger partial charge in [-0.15, -0.1) is 6.58 Å². The van der Waals surface area contributed by atoms with Crippen LogP contribution in [0.1, 0.15) is 6.92 Å². The number of aromatic nitrogens is 3. The molecule has 2 aromatic carbocycles. The Morgan fingerprint density at radius 3 is 2.63 bits per heavy atom. The van der Waals surface area contributed by atoms with Crippen molar-refractivity contribution in [2.24, 2.45) is 5.92 Å². The maximum atomic E-state index is 5.38. The molecule has 1 N–H and O–H groups in total. The fraction of sp³-hybridized carbons (Fsp3) is 0.160. The van der Waals surface area contributed by atoms with Gasteiger partial charge in [0.05, 0.1) is 12.6 Å². The van der Waals surface area contributed by atoms with Crippen LogP contribution in [0.3, 0.4) is 0 Å². The molecular weight excluding hydrogens is 372 g/mol. The second-order valence-corrected chi connectivity index (χ2v) is 7.20. The van der Waals surface area contributed by atoms with Crippen LogP contribution in [-0.2, 0) is 0 Å². The first-order valence-electron chi connectivity index (χ1n) is 9.91. The maximum absolute atomic E-state index is 5.38. The summed E-state index contributed by atoms with van der Waals surface area (Å²) in [4.78, 5) is 13.8. The summed E-state index contributed by atoms with van der Waals surface area (Å²) in [6, 6.07) is 18.1. The zero-order valence-corrected chi connectivity index (χ0v) is 17.2. The van der Waals surface area contributed by atoms with Crippen LogP contribution in [0.2, 0.25) is 0 Å². The molecule has 0 fully saturated rings. The van der Waals surface area contributed by atoms with Crippen LogP contribution >= 0.6 is 0 Å². The van der Waals surface area contributed by atoms with Crippen molar-refractivity contribution in [3.8, 4) is 28.3 Å². The zero-order valence-electron chi connectivity index (χ0n) is 17.2. The first-order chi connectivity index (χ1) is 14.7. The first kappa shape index (κ1) is 19.6. The highest BCUT2D eigenvalue weighted by molar-refractivity contribution is 5.94. The number of methoxy groups -OCH3 is 1. The smallest absolute Gasteiger partial charge is 0.163 e. The Balaban J connectivity index is 1.83. The summed E-state index contributed by atoms with van der Waals surface area (Å²) >= 11 is 0. The van der Waals surface area contributed by atoms with E-state index in [9.17, 15) is 0 Å². The van der Waals surface area contributed by atoms with Gasteiger partial charge in [0.15, 0.2) is 5.82 Å². The van der Waals surface area contributed by atoms with Gasteiger partial charge in [0.25, 0.3) is 0 Å². The number of nitrogens with one attached hydrogen (secondary N) is 1. The van der Waals surface area contributed by atoms with Crippen molar-refractivity contribution >= 4 is 16.7 Å². The molecule has 0 saturated heterocycles. The summed E-state index contributed by atoms with van der Waals surface area (Å²) in [5.41, 5.74) is 3.93. The minimum atomic E-state index is 0.318. The van der Waals surface area contributed by atoms with Crippen molar-refractivity contribution in [3.05, 3.63) is 79.6 Å². The minimum absolute atomic E-state index is 0.318. The Kier molecular flexibility index (Phi) is 5.70. The number of nitrogens with zero attached hydrogens (tertiary/aromatic N) is 3. The van der Waals surface area contributed by atoms with Gasteiger partial charge in [-0.05, 0) is 53.4 Å². The second-order valence-electron chi connectivity index (χ2n) is 7.20. The van der Waals surface area contributed by atoms with E-state index in [-0.39, 0.29) is 0 Å². The highest BCUT2D eigenvalue weighted by Crippen LogP contribution is 2.31. The van der Waals surface area contributed by atoms with E-state index in [4.69, 9.17) is 14.7 Å². The molecule has 4 aromatic rings. The quantitative estimate of drug-likeness (QED) is 0.412. The van der Waals surface area contributed by atoms with Gasteiger partial charge in [-0.3, -0.25) is 4.98 Å². The third-order valence-electron chi connectivity index (χ3n) is 5.01. The number of hydrogen-bond acceptors (Lipinski definition) is 5. The summed E-state index contributed by atoms with van der Waals surface area (Å²) in [5.74, 6) is 2.60. The Morgan fingerprint density at radius 2 is 1.87 bits per heavy atom. The van der Waals surface area contributed by atoms with E-state index in [1.54, 1.807) is 19.5 Å². The number of anilines is 1. The molecule has 0 radical (unpaired) electrons. The summed E-state index contributed by atoms with van der Waals surface area (Å²) < 4.78 is 5.38. The molecule has 5 nitrogen and oxygen atoms in total. The van der Waals surface area contributed by atoms with Gasteiger partial charge in [-0.1, -0.05) is 31.2 Å². The number of ether oxygens (including phenoxy) is 1. The average molecular weight is 396 g/mol. The summed E-state index contributed by atoms with van der Waals surface area (Å²) in [6.07, 6.45) is 5.46. The van der Waals surface area contributed by atoms with E-state index in [0.717, 1.165) is 45.7 Å². The fourth-order valence-electron chi connectivity index (χ4n) is 3.21. The molecule has 2 heterocycles. The minimum Gasteiger partial charge on any atom is -0.497 e. The van der Waals surface area contributed by atoms with E-state index in [0.29, 0.717) is 11.7 Å². The summed E-state index contributed by atoms with van der Waals surface area (Å²) in [6.45, 7) is 6.74. The molecule has 150 valence electrons. The maximum Gasteiger partial charge on any atom is 0.163 e. The van der Waals surface area contributed by atoms with Gasteiger partial charge in [-0.2, -0.15) is 0 Å². The summed E-state index contributed by atoms with van der Waals surface area (Å²) in [5, 5.41) is 4.45. The standard InChI is InChI=1S/C25H24N4O/c1-4-17(2)15-27-25-22-14-19(18-7-5-9-21(13-18)30-3)10-11-23(22)28-24(29-25)20-8-6-12-26-16-20/h4-14,16-17H,1,15H2,2-3H3,(H,27,28,29). The number of hydrogen-bond donors (Lipinski definition) is 1. The molecule has 1 unspecified atom stereocenters. The van der Waals surface area contributed by atoms with Gasteiger partial charge >= 0.3 is 0 Å². The molecule has 0 spiro atoms. The molecule has 1 atom stereocenters. The molecule has 30 heavy (non-hydrogen) atoms. The monoisotopic (exact) mass is 396 g/mol. The van der Waals surface area contributed by atoms with Crippen LogP contribution in [-0.4, -0.2) is 28.6 Å². The third kappa shape index (κ3) is 4.15. The normalized spacial score (nSPS) is 11.8. The Morgan fingerprint density at radius 1 is 1.03 bits per heavy atom. The number of benzene rings is 2. The van der Waals surface area contributed by atoms with Crippen molar-refractivity contribution in [1.29, 1.82) is 0 Å². The number of pyridine rings is 1. The molecule has 0 aliphatic rings. The van der Waals surface area contributed by atoms with Crippen molar-refractivity contribution in [1.82, 2.24) is 15.0 Å². The van der Waals surface area contributed by atoms with Crippen molar-refractivity contribution in [2.45, 2.75) is 6.92 Å². The largest absolute Gasteiger partial charge is 0.497 e. The Bertz CT molecular complexity index is 1170. The van der Waals surface area contributed by atoms with Crippen LogP contribution < -0.4 is 10.1 Å². The van der Waals surface area contributed by atoms with E-state index in [1.165, 1.54) is 0 Å². The molecule has 0 aliphatic heterocycles. The molecule has 5 heteroatoms. The van der Waals surface area contributed by atoms with Gasteiger partial charge in [-0.25, -0.2) is 9.97 Å². The molecule has 2 aromatic heterocycles. The first-order valence-corrected chi connectivity index (χ1v) is 9.91. The van der Waals surface area contributed by atoms with Crippen molar-refractivity contribution in [2.75, 3.05) is 19.0 Å². The molecule has 0 amide bonds. The predicted octanol–water partition coefficient (Wildman–Crippen LogP) is 5.60. The van der Waals surface area contributed by atoms with Crippen LogP contribution in [0, 0.1) is 5.92 Å². The number of rotatable bonds is 7. The number of fused-ring (bicyclic) bond motifs is 1. The zero-order chi connectivity index (χ0) is 20.9. The van der Waals surface area contributed by atoms with E-state index in [2.05, 4.69) is 42.0 Å². The molecule has 4 rings (SSSR count). The van der Waals surface area contributed by atoms with Gasteiger partial charge in [0.1, 0.15) is 11.6 Å². The lowest BCUT2D eigenvalue weighted by atomic mass is 10.0. The lowest BCUT2D eigenvalue weighted by Gasteiger charge is -2.14. The van der Waals surface area contributed by atoms with Crippen LogP contribution in [0.15, 0.2) is 79.6 Å².